The van der Waals surface area contributed by atoms with E-state index in [9.17, 15) is 4.79 Å². The molecule has 1 aliphatic rings. The van der Waals surface area contributed by atoms with Gasteiger partial charge in [0.15, 0.2) is 0 Å². The van der Waals surface area contributed by atoms with Crippen LogP contribution >= 0.6 is 0 Å². The minimum atomic E-state index is -0.232. The Hall–Kier alpha value is -3.69. The van der Waals surface area contributed by atoms with Crippen molar-refractivity contribution in [3.8, 4) is 0 Å². The summed E-state index contributed by atoms with van der Waals surface area (Å²) in [6.45, 7) is 17.3. The fourth-order valence-corrected chi connectivity index (χ4v) is 5.26. The molecule has 4 rings (SSSR count). The summed E-state index contributed by atoms with van der Waals surface area (Å²) in [5, 5.41) is 0. The van der Waals surface area contributed by atoms with Crippen molar-refractivity contribution in [3.05, 3.63) is 138 Å². The van der Waals surface area contributed by atoms with Crippen LogP contribution in [0.3, 0.4) is 0 Å². The van der Waals surface area contributed by atoms with Crippen LogP contribution in [0.4, 0.5) is 0 Å². The van der Waals surface area contributed by atoms with Crippen molar-refractivity contribution >= 4 is 11.5 Å². The van der Waals surface area contributed by atoms with Crippen LogP contribution in [-0.4, -0.2) is 28.8 Å². The molecule has 0 saturated carbocycles. The van der Waals surface area contributed by atoms with Gasteiger partial charge in [-0.3, -0.25) is 9.69 Å². The van der Waals surface area contributed by atoms with E-state index in [-0.39, 0.29) is 11.9 Å². The topological polar surface area (TPSA) is 23.6 Å². The van der Waals surface area contributed by atoms with Gasteiger partial charge in [0.25, 0.3) is 5.91 Å². The van der Waals surface area contributed by atoms with Crippen LogP contribution in [0.15, 0.2) is 115 Å². The summed E-state index contributed by atoms with van der Waals surface area (Å²) < 4.78 is 0. The van der Waals surface area contributed by atoms with Gasteiger partial charge in [0.2, 0.25) is 0 Å². The van der Waals surface area contributed by atoms with Crippen LogP contribution in [0, 0.1) is 5.92 Å². The van der Waals surface area contributed by atoms with E-state index in [4.69, 9.17) is 0 Å². The molecule has 0 aromatic heterocycles. The van der Waals surface area contributed by atoms with Crippen LogP contribution in [-0.2, 0) is 11.3 Å². The third-order valence-electron chi connectivity index (χ3n) is 7.32. The molecule has 0 spiro atoms. The van der Waals surface area contributed by atoms with Crippen LogP contribution in [0.25, 0.3) is 5.57 Å². The fourth-order valence-electron chi connectivity index (χ4n) is 5.26. The average Bonchev–Trinajstić information content (AvgIpc) is 2.93. The maximum atomic E-state index is 14.1. The number of amides is 1. The fraction of sp³-hybridized carbons (Fsp3) is 0.286. The number of benzene rings is 3. The molecule has 3 aromatic carbocycles. The van der Waals surface area contributed by atoms with Gasteiger partial charge in [-0.05, 0) is 53.5 Å². The lowest BCUT2D eigenvalue weighted by Crippen LogP contribution is -2.39. The predicted molar refractivity (Wildman–Crippen MR) is 159 cm³/mol. The lowest BCUT2D eigenvalue weighted by atomic mass is 9.94. The number of carbonyl (C=O) groups excluding carboxylic acids is 1. The van der Waals surface area contributed by atoms with E-state index in [1.54, 1.807) is 6.20 Å². The quantitative estimate of drug-likeness (QED) is 0.279. The maximum Gasteiger partial charge on any atom is 0.255 e. The second kappa shape index (κ2) is 12.7. The summed E-state index contributed by atoms with van der Waals surface area (Å²) >= 11 is 0. The van der Waals surface area contributed by atoms with Crippen molar-refractivity contribution in [3.63, 3.8) is 0 Å². The van der Waals surface area contributed by atoms with Gasteiger partial charge in [-0.15, -0.1) is 0 Å². The Labute approximate surface area is 228 Å². The van der Waals surface area contributed by atoms with Crippen LogP contribution < -0.4 is 0 Å². The molecular formula is C35H40N2O. The summed E-state index contributed by atoms with van der Waals surface area (Å²) in [4.78, 5) is 18.3. The first-order valence-corrected chi connectivity index (χ1v) is 13.6. The first-order chi connectivity index (χ1) is 18.4. The number of hydrogen-bond donors (Lipinski definition) is 0. The Bertz CT molecular complexity index is 1230. The van der Waals surface area contributed by atoms with Crippen molar-refractivity contribution < 1.29 is 4.79 Å². The number of allylic oxidation sites excluding steroid dienone is 1. The Morgan fingerprint density at radius 3 is 2.05 bits per heavy atom. The first kappa shape index (κ1) is 27.3. The number of nitrogens with zero attached hydrogens (tertiary/aromatic N) is 2. The molecule has 3 heteroatoms. The summed E-state index contributed by atoms with van der Waals surface area (Å²) in [7, 11) is 0. The molecule has 3 aromatic rings. The molecule has 1 aliphatic heterocycles. The molecule has 0 fully saturated rings. The molecule has 38 heavy (non-hydrogen) atoms. The zero-order valence-electron chi connectivity index (χ0n) is 23.1. The van der Waals surface area contributed by atoms with Gasteiger partial charge in [0, 0.05) is 31.4 Å². The van der Waals surface area contributed by atoms with E-state index in [0.29, 0.717) is 12.5 Å². The molecule has 0 saturated heterocycles. The molecule has 3 nitrogen and oxygen atoms in total. The normalized spacial score (nSPS) is 14.1. The number of carbonyl (C=O) groups is 1. The maximum absolute atomic E-state index is 14.1. The molecule has 0 unspecified atom stereocenters. The summed E-state index contributed by atoms with van der Waals surface area (Å²) in [5.41, 5.74) is 7.82. The average molecular weight is 505 g/mol. The van der Waals surface area contributed by atoms with E-state index < -0.39 is 0 Å². The van der Waals surface area contributed by atoms with E-state index >= 15 is 0 Å². The van der Waals surface area contributed by atoms with Crippen molar-refractivity contribution in [2.24, 2.45) is 5.92 Å². The minimum absolute atomic E-state index is 0.0280. The molecular weight excluding hydrogens is 464 g/mol. The third-order valence-corrected chi connectivity index (χ3v) is 7.32. The predicted octanol–water partition coefficient (Wildman–Crippen LogP) is 8.03. The monoisotopic (exact) mass is 504 g/mol. The number of hydrogen-bond acceptors (Lipinski definition) is 2. The molecule has 0 radical (unpaired) electrons. The van der Waals surface area contributed by atoms with Gasteiger partial charge in [-0.25, -0.2) is 0 Å². The summed E-state index contributed by atoms with van der Waals surface area (Å²) in [6, 6.07) is 28.9. The highest BCUT2D eigenvalue weighted by atomic mass is 16.2. The molecule has 196 valence electrons. The van der Waals surface area contributed by atoms with Gasteiger partial charge in [-0.1, -0.05) is 118 Å². The second-order valence-corrected chi connectivity index (χ2v) is 10.7. The molecule has 0 N–H and O–H groups in total. The Morgan fingerprint density at radius 1 is 0.947 bits per heavy atom. The highest BCUT2D eigenvalue weighted by Gasteiger charge is 2.30. The SMILES string of the molecule is C=CN(C(=O)C1=C(C)CCN(Cc2ccc(C(=C)CC(C)C)cc2)C1)C(c1ccccc1)c1ccccc1. The van der Waals surface area contributed by atoms with Gasteiger partial charge < -0.3 is 4.90 Å². The second-order valence-electron chi connectivity index (χ2n) is 10.7. The van der Waals surface area contributed by atoms with Crippen molar-refractivity contribution in [1.29, 1.82) is 0 Å². The Morgan fingerprint density at radius 2 is 1.53 bits per heavy atom. The first-order valence-electron chi connectivity index (χ1n) is 13.6. The van der Waals surface area contributed by atoms with Crippen molar-refractivity contribution in [1.82, 2.24) is 9.80 Å². The van der Waals surface area contributed by atoms with Crippen molar-refractivity contribution in [2.75, 3.05) is 13.1 Å². The lowest BCUT2D eigenvalue weighted by Gasteiger charge is -2.35. The van der Waals surface area contributed by atoms with Crippen molar-refractivity contribution in [2.45, 2.75) is 46.2 Å². The molecule has 0 atom stereocenters. The van der Waals surface area contributed by atoms with E-state index in [2.05, 4.69) is 87.4 Å². The minimum Gasteiger partial charge on any atom is -0.304 e. The molecule has 1 heterocycles. The highest BCUT2D eigenvalue weighted by molar-refractivity contribution is 5.96. The van der Waals surface area contributed by atoms with E-state index in [1.165, 1.54) is 22.3 Å². The zero-order chi connectivity index (χ0) is 27.1. The standard InChI is InChI=1S/C35H40N2O/c1-6-37(34(31-13-9-7-10-14-31)32-15-11-8-12-16-32)35(38)33-25-36(22-21-27(33)4)24-29-17-19-30(20-18-29)28(5)23-26(2)3/h6-20,26,34H,1,5,21-25H2,2-4H3. The smallest absolute Gasteiger partial charge is 0.255 e. The van der Waals surface area contributed by atoms with Gasteiger partial charge >= 0.3 is 0 Å². The molecule has 1 amide bonds. The van der Waals surface area contributed by atoms with Crippen LogP contribution in [0.1, 0.15) is 61.9 Å². The highest BCUT2D eigenvalue weighted by Crippen LogP contribution is 2.32. The number of rotatable bonds is 10. The molecule has 0 aliphatic carbocycles. The Balaban J connectivity index is 1.53. The van der Waals surface area contributed by atoms with E-state index in [0.717, 1.165) is 42.6 Å². The Kier molecular flexibility index (Phi) is 9.15. The van der Waals surface area contributed by atoms with Gasteiger partial charge in [0.05, 0.1) is 6.04 Å². The third kappa shape index (κ3) is 6.59. The van der Waals surface area contributed by atoms with Gasteiger partial charge in [0.1, 0.15) is 0 Å². The van der Waals surface area contributed by atoms with Gasteiger partial charge in [-0.2, -0.15) is 0 Å². The summed E-state index contributed by atoms with van der Waals surface area (Å²) in [5.74, 6) is 0.625. The lowest BCUT2D eigenvalue weighted by molar-refractivity contribution is -0.126. The van der Waals surface area contributed by atoms with Crippen LogP contribution in [0.5, 0.6) is 0 Å². The summed E-state index contributed by atoms with van der Waals surface area (Å²) in [6.07, 6.45) is 3.58. The van der Waals surface area contributed by atoms with Crippen LogP contribution in [0.2, 0.25) is 0 Å². The van der Waals surface area contributed by atoms with E-state index in [1.807, 2.05) is 41.3 Å². The molecule has 0 bridgehead atoms. The zero-order valence-corrected chi connectivity index (χ0v) is 23.1. The largest absolute Gasteiger partial charge is 0.304 e.